The van der Waals surface area contributed by atoms with Crippen LogP contribution in [0.4, 0.5) is 0 Å². The lowest BCUT2D eigenvalue weighted by molar-refractivity contribution is 0.669. The van der Waals surface area contributed by atoms with Crippen molar-refractivity contribution in [2.45, 2.75) is 12.8 Å². The lowest BCUT2D eigenvalue weighted by Crippen LogP contribution is -2.00. The van der Waals surface area contributed by atoms with Crippen LogP contribution >= 0.6 is 11.3 Å². The first kappa shape index (κ1) is 24.7. The van der Waals surface area contributed by atoms with E-state index in [1.54, 1.807) is 0 Å². The zero-order valence-corrected chi connectivity index (χ0v) is 25.6. The SMILES string of the molecule is C1=Cc2c(c3c4c5ccccc5n(-c5cccc6oc7ccccc7c56)c4ccc3n2-c2ccc3c(c2)sc2ccccc23)CC1. The molecule has 3 nitrogen and oxygen atoms in total. The van der Waals surface area contributed by atoms with E-state index in [9.17, 15) is 0 Å². The number of hydrogen-bond donors (Lipinski definition) is 0. The van der Waals surface area contributed by atoms with Crippen molar-refractivity contribution in [1.29, 1.82) is 0 Å². The molecule has 0 unspecified atom stereocenters. The highest BCUT2D eigenvalue weighted by Crippen LogP contribution is 2.45. The first-order valence-electron chi connectivity index (χ1n) is 15.9. The van der Waals surface area contributed by atoms with E-state index in [1.807, 2.05) is 17.4 Å². The van der Waals surface area contributed by atoms with Crippen molar-refractivity contribution >= 4 is 92.2 Å². The maximum Gasteiger partial charge on any atom is 0.137 e. The van der Waals surface area contributed by atoms with Crippen LogP contribution in [0.1, 0.15) is 17.7 Å². The third kappa shape index (κ3) is 3.16. The van der Waals surface area contributed by atoms with Gasteiger partial charge in [0.1, 0.15) is 11.2 Å². The van der Waals surface area contributed by atoms with Crippen LogP contribution in [-0.2, 0) is 6.42 Å². The average molecular weight is 607 g/mol. The number of thiophene rings is 1. The second-order valence-electron chi connectivity index (χ2n) is 12.4. The smallest absolute Gasteiger partial charge is 0.137 e. The number of fused-ring (bicyclic) bond motifs is 13. The van der Waals surface area contributed by atoms with Crippen molar-refractivity contribution in [3.05, 3.63) is 139 Å². The van der Waals surface area contributed by atoms with Gasteiger partial charge in [-0.2, -0.15) is 0 Å². The second kappa shape index (κ2) is 9.00. The molecule has 0 atom stereocenters. The summed E-state index contributed by atoms with van der Waals surface area (Å²) in [6, 6.07) is 44.2. The summed E-state index contributed by atoms with van der Waals surface area (Å²) >= 11 is 1.88. The number of furan rings is 1. The van der Waals surface area contributed by atoms with Gasteiger partial charge in [0.25, 0.3) is 0 Å². The van der Waals surface area contributed by atoms with E-state index in [-0.39, 0.29) is 0 Å². The normalized spacial score (nSPS) is 13.4. The molecule has 0 N–H and O–H groups in total. The Balaban J connectivity index is 1.26. The highest BCUT2D eigenvalue weighted by molar-refractivity contribution is 7.25. The predicted molar refractivity (Wildman–Crippen MR) is 195 cm³/mol. The Morgan fingerprint density at radius 1 is 0.543 bits per heavy atom. The van der Waals surface area contributed by atoms with Gasteiger partial charge >= 0.3 is 0 Å². The molecule has 4 aromatic heterocycles. The Labute approximate surface area is 267 Å². The first-order chi connectivity index (χ1) is 22.8. The van der Waals surface area contributed by atoms with E-state index in [4.69, 9.17) is 4.42 Å². The minimum Gasteiger partial charge on any atom is -0.456 e. The molecule has 11 rings (SSSR count). The van der Waals surface area contributed by atoms with E-state index in [0.29, 0.717) is 0 Å². The number of benzene rings is 6. The Kier molecular flexibility index (Phi) is 4.83. The summed E-state index contributed by atoms with van der Waals surface area (Å²) in [5, 5.41) is 8.94. The van der Waals surface area contributed by atoms with Crippen molar-refractivity contribution in [2.75, 3.05) is 0 Å². The van der Waals surface area contributed by atoms with Crippen LogP contribution in [-0.4, -0.2) is 9.13 Å². The average Bonchev–Trinajstić information content (AvgIpc) is 3.85. The summed E-state index contributed by atoms with van der Waals surface area (Å²) in [6.07, 6.45) is 6.76. The highest BCUT2D eigenvalue weighted by Gasteiger charge is 2.25. The van der Waals surface area contributed by atoms with Crippen LogP contribution in [0.15, 0.2) is 132 Å². The number of aryl methyl sites for hydroxylation is 1. The summed E-state index contributed by atoms with van der Waals surface area (Å²) in [5.74, 6) is 0. The molecular formula is C42H26N2OS. The zero-order chi connectivity index (χ0) is 29.9. The van der Waals surface area contributed by atoms with Crippen molar-refractivity contribution in [2.24, 2.45) is 0 Å². The van der Waals surface area contributed by atoms with Gasteiger partial charge in [-0.1, -0.05) is 72.8 Å². The molecule has 46 heavy (non-hydrogen) atoms. The van der Waals surface area contributed by atoms with Crippen LogP contribution in [0, 0.1) is 0 Å². The summed E-state index contributed by atoms with van der Waals surface area (Å²) < 4.78 is 14.0. The van der Waals surface area contributed by atoms with Crippen molar-refractivity contribution in [3.63, 3.8) is 0 Å². The summed E-state index contributed by atoms with van der Waals surface area (Å²) in [4.78, 5) is 0. The molecule has 1 aliphatic carbocycles. The maximum absolute atomic E-state index is 6.34. The van der Waals surface area contributed by atoms with Gasteiger partial charge in [0, 0.05) is 53.1 Å². The Hall–Kier alpha value is -5.58. The van der Waals surface area contributed by atoms with Gasteiger partial charge in [0.2, 0.25) is 0 Å². The molecule has 0 saturated heterocycles. The van der Waals surface area contributed by atoms with Crippen LogP contribution in [0.25, 0.3) is 92.3 Å². The zero-order valence-electron chi connectivity index (χ0n) is 24.8. The quantitative estimate of drug-likeness (QED) is 0.192. The lowest BCUT2D eigenvalue weighted by atomic mass is 9.98. The monoisotopic (exact) mass is 606 g/mol. The van der Waals surface area contributed by atoms with Crippen LogP contribution in [0.5, 0.6) is 0 Å². The fourth-order valence-electron chi connectivity index (χ4n) is 8.12. The number of hydrogen-bond acceptors (Lipinski definition) is 2. The molecular weight excluding hydrogens is 581 g/mol. The fraction of sp³-hybridized carbons (Fsp3) is 0.0476. The van der Waals surface area contributed by atoms with Gasteiger partial charge in [0.05, 0.1) is 27.6 Å². The Bertz CT molecular complexity index is 2930. The van der Waals surface area contributed by atoms with Crippen molar-refractivity contribution < 1.29 is 4.42 Å². The minimum atomic E-state index is 0.913. The molecule has 1 aliphatic rings. The molecule has 6 aromatic carbocycles. The molecule has 0 spiro atoms. The minimum absolute atomic E-state index is 0.913. The Morgan fingerprint density at radius 3 is 2.24 bits per heavy atom. The van der Waals surface area contributed by atoms with E-state index >= 15 is 0 Å². The van der Waals surface area contributed by atoms with Gasteiger partial charge in [0.15, 0.2) is 0 Å². The number of aromatic nitrogens is 2. The molecule has 0 fully saturated rings. The molecule has 216 valence electrons. The number of rotatable bonds is 2. The molecule has 0 radical (unpaired) electrons. The van der Waals surface area contributed by atoms with Gasteiger partial charge < -0.3 is 13.6 Å². The lowest BCUT2D eigenvalue weighted by Gasteiger charge is -2.12. The summed E-state index contributed by atoms with van der Waals surface area (Å²) in [7, 11) is 0. The van der Waals surface area contributed by atoms with Gasteiger partial charge in [-0.25, -0.2) is 0 Å². The van der Waals surface area contributed by atoms with Crippen LogP contribution in [0.3, 0.4) is 0 Å². The standard InChI is InChI=1S/C42H26N2OS/c1-5-14-31-28(11-1)41-34(43(31)25-20-21-27-26-10-4-8-19-38(26)46-39(27)24-25)22-23-35-42(41)29-12-2-6-15-32(29)44(35)33-16-9-18-37-40(33)30-13-3-7-17-36(30)45-37/h2-10,12-24H,1,11H2. The fourth-order valence-corrected chi connectivity index (χ4v) is 9.26. The van der Waals surface area contributed by atoms with Gasteiger partial charge in [-0.15, -0.1) is 11.3 Å². The van der Waals surface area contributed by atoms with E-state index in [0.717, 1.165) is 40.5 Å². The molecule has 0 bridgehead atoms. The first-order valence-corrected chi connectivity index (χ1v) is 16.7. The summed E-state index contributed by atoms with van der Waals surface area (Å²) in [6.45, 7) is 0. The van der Waals surface area contributed by atoms with E-state index in [1.165, 1.54) is 69.8 Å². The predicted octanol–water partition coefficient (Wildman–Crippen LogP) is 12.0. The van der Waals surface area contributed by atoms with Crippen molar-refractivity contribution in [1.82, 2.24) is 9.13 Å². The molecule has 0 saturated carbocycles. The molecule has 4 heteroatoms. The summed E-state index contributed by atoms with van der Waals surface area (Å²) in [5.41, 5.74) is 10.6. The largest absolute Gasteiger partial charge is 0.456 e. The highest BCUT2D eigenvalue weighted by atomic mass is 32.1. The molecule has 10 aromatic rings. The third-order valence-corrected chi connectivity index (χ3v) is 11.1. The van der Waals surface area contributed by atoms with Crippen molar-refractivity contribution in [3.8, 4) is 11.4 Å². The van der Waals surface area contributed by atoms with Gasteiger partial charge in [-0.05, 0) is 79.1 Å². The number of nitrogens with zero attached hydrogens (tertiary/aromatic N) is 2. The Morgan fingerprint density at radius 2 is 1.30 bits per heavy atom. The van der Waals surface area contributed by atoms with Crippen LogP contribution < -0.4 is 0 Å². The van der Waals surface area contributed by atoms with Crippen LogP contribution in [0.2, 0.25) is 0 Å². The number of para-hydroxylation sites is 2. The topological polar surface area (TPSA) is 23.0 Å². The number of allylic oxidation sites excluding steroid dienone is 1. The maximum atomic E-state index is 6.34. The van der Waals surface area contributed by atoms with E-state index in [2.05, 4.69) is 137 Å². The molecule has 4 heterocycles. The molecule has 0 amide bonds. The molecule has 0 aliphatic heterocycles. The second-order valence-corrected chi connectivity index (χ2v) is 13.5. The van der Waals surface area contributed by atoms with E-state index < -0.39 is 0 Å². The van der Waals surface area contributed by atoms with Gasteiger partial charge in [-0.3, -0.25) is 0 Å². The third-order valence-electron chi connectivity index (χ3n) is 9.99.